The van der Waals surface area contributed by atoms with Crippen LogP contribution in [-0.2, 0) is 4.74 Å². The standard InChI is InChI=1S/C15H20N2O2/c1-2-15(16)13-3-5-14(6-4-13)19-12-9-17-7-10-18-11-8-17/h2-6,16H,1,7-12H2. The third-order valence-electron chi connectivity index (χ3n) is 3.15. The molecule has 1 saturated heterocycles. The van der Waals surface area contributed by atoms with Crippen molar-refractivity contribution in [3.05, 3.63) is 42.5 Å². The lowest BCUT2D eigenvalue weighted by Crippen LogP contribution is -2.38. The molecular formula is C15H20N2O2. The number of morpholine rings is 1. The van der Waals surface area contributed by atoms with Crippen molar-refractivity contribution in [2.75, 3.05) is 39.5 Å². The minimum absolute atomic E-state index is 0.430. The highest BCUT2D eigenvalue weighted by atomic mass is 16.5. The summed E-state index contributed by atoms with van der Waals surface area (Å²) in [5.74, 6) is 0.842. The third-order valence-corrected chi connectivity index (χ3v) is 3.15. The molecule has 1 aliphatic rings. The second-order valence-corrected chi connectivity index (χ2v) is 4.44. The van der Waals surface area contributed by atoms with Crippen molar-refractivity contribution in [1.29, 1.82) is 5.41 Å². The maximum absolute atomic E-state index is 7.64. The molecule has 1 fully saturated rings. The molecule has 1 aromatic carbocycles. The highest BCUT2D eigenvalue weighted by molar-refractivity contribution is 6.06. The van der Waals surface area contributed by atoms with Gasteiger partial charge in [-0.1, -0.05) is 6.58 Å². The normalized spacial score (nSPS) is 16.0. The maximum atomic E-state index is 7.64. The predicted molar refractivity (Wildman–Crippen MR) is 76.2 cm³/mol. The topological polar surface area (TPSA) is 45.5 Å². The molecular weight excluding hydrogens is 240 g/mol. The highest BCUT2D eigenvalue weighted by Crippen LogP contribution is 2.13. The minimum atomic E-state index is 0.430. The third kappa shape index (κ3) is 4.19. The molecule has 0 saturated carbocycles. The van der Waals surface area contributed by atoms with Crippen LogP contribution in [0.2, 0.25) is 0 Å². The first-order valence-corrected chi connectivity index (χ1v) is 6.54. The summed E-state index contributed by atoms with van der Waals surface area (Å²) in [6.45, 7) is 8.80. The first-order valence-electron chi connectivity index (χ1n) is 6.54. The smallest absolute Gasteiger partial charge is 0.119 e. The van der Waals surface area contributed by atoms with Gasteiger partial charge in [0, 0.05) is 19.6 Å². The minimum Gasteiger partial charge on any atom is -0.492 e. The molecule has 0 aromatic heterocycles. The number of benzene rings is 1. The Morgan fingerprint density at radius 2 is 2.00 bits per heavy atom. The van der Waals surface area contributed by atoms with E-state index in [9.17, 15) is 0 Å². The molecule has 0 radical (unpaired) electrons. The number of allylic oxidation sites excluding steroid dienone is 1. The SMILES string of the molecule is C=CC(=N)c1ccc(OCCN2CCOCC2)cc1. The molecule has 0 unspecified atom stereocenters. The van der Waals surface area contributed by atoms with Crippen LogP contribution in [0.4, 0.5) is 0 Å². The van der Waals surface area contributed by atoms with E-state index in [1.165, 1.54) is 6.08 Å². The van der Waals surface area contributed by atoms with Crippen LogP contribution in [0, 0.1) is 5.41 Å². The van der Waals surface area contributed by atoms with Gasteiger partial charge in [0.2, 0.25) is 0 Å². The summed E-state index contributed by atoms with van der Waals surface area (Å²) >= 11 is 0. The molecule has 0 spiro atoms. The van der Waals surface area contributed by atoms with Crippen molar-refractivity contribution >= 4 is 5.71 Å². The fourth-order valence-corrected chi connectivity index (χ4v) is 1.97. The van der Waals surface area contributed by atoms with Gasteiger partial charge in [0.15, 0.2) is 0 Å². The van der Waals surface area contributed by atoms with Gasteiger partial charge >= 0.3 is 0 Å². The number of hydrogen-bond acceptors (Lipinski definition) is 4. The first kappa shape index (κ1) is 13.8. The molecule has 1 aliphatic heterocycles. The zero-order valence-corrected chi connectivity index (χ0v) is 11.1. The lowest BCUT2D eigenvalue weighted by atomic mass is 10.1. The maximum Gasteiger partial charge on any atom is 0.119 e. The Morgan fingerprint density at radius 3 is 2.63 bits per heavy atom. The summed E-state index contributed by atoms with van der Waals surface area (Å²) < 4.78 is 11.0. The molecule has 4 nitrogen and oxygen atoms in total. The van der Waals surface area contributed by atoms with Crippen molar-refractivity contribution in [2.24, 2.45) is 0 Å². The van der Waals surface area contributed by atoms with Crippen LogP contribution < -0.4 is 4.74 Å². The van der Waals surface area contributed by atoms with Crippen LogP contribution in [-0.4, -0.2) is 50.1 Å². The average molecular weight is 260 g/mol. The van der Waals surface area contributed by atoms with Crippen LogP contribution >= 0.6 is 0 Å². The number of hydrogen-bond donors (Lipinski definition) is 1. The number of ether oxygens (including phenoxy) is 2. The first-order chi connectivity index (χ1) is 9.29. The van der Waals surface area contributed by atoms with Crippen LogP contribution in [0.15, 0.2) is 36.9 Å². The Kier molecular flexibility index (Phi) is 5.12. The summed E-state index contributed by atoms with van der Waals surface area (Å²) in [6, 6.07) is 7.56. The summed E-state index contributed by atoms with van der Waals surface area (Å²) in [4.78, 5) is 2.34. The van der Waals surface area contributed by atoms with Gasteiger partial charge in [-0.05, 0) is 35.9 Å². The van der Waals surface area contributed by atoms with Gasteiger partial charge in [0.1, 0.15) is 12.4 Å². The quantitative estimate of drug-likeness (QED) is 0.795. The molecule has 0 aliphatic carbocycles. The number of rotatable bonds is 6. The van der Waals surface area contributed by atoms with E-state index in [4.69, 9.17) is 14.9 Å². The predicted octanol–water partition coefficient (Wildman–Crippen LogP) is 1.95. The molecule has 102 valence electrons. The van der Waals surface area contributed by atoms with E-state index in [0.717, 1.165) is 44.2 Å². The van der Waals surface area contributed by atoms with E-state index in [2.05, 4.69) is 11.5 Å². The zero-order chi connectivity index (χ0) is 13.5. The molecule has 1 aromatic rings. The van der Waals surface area contributed by atoms with Gasteiger partial charge in [-0.2, -0.15) is 0 Å². The molecule has 1 heterocycles. The van der Waals surface area contributed by atoms with Crippen molar-refractivity contribution in [3.63, 3.8) is 0 Å². The van der Waals surface area contributed by atoms with Crippen molar-refractivity contribution < 1.29 is 9.47 Å². The van der Waals surface area contributed by atoms with Crippen molar-refractivity contribution in [1.82, 2.24) is 4.90 Å². The van der Waals surface area contributed by atoms with E-state index in [1.54, 1.807) is 0 Å². The van der Waals surface area contributed by atoms with Gasteiger partial charge in [-0.15, -0.1) is 0 Å². The monoisotopic (exact) mass is 260 g/mol. The Bertz CT molecular complexity index is 422. The lowest BCUT2D eigenvalue weighted by Gasteiger charge is -2.26. The van der Waals surface area contributed by atoms with E-state index in [0.29, 0.717) is 12.3 Å². The molecule has 0 amide bonds. The van der Waals surface area contributed by atoms with Gasteiger partial charge in [-0.25, -0.2) is 0 Å². The van der Waals surface area contributed by atoms with Gasteiger partial charge in [-0.3, -0.25) is 4.90 Å². The van der Waals surface area contributed by atoms with Crippen LogP contribution in [0.5, 0.6) is 5.75 Å². The molecule has 19 heavy (non-hydrogen) atoms. The number of nitrogens with zero attached hydrogens (tertiary/aromatic N) is 1. The summed E-state index contributed by atoms with van der Waals surface area (Å²) in [7, 11) is 0. The van der Waals surface area contributed by atoms with Crippen LogP contribution in [0.3, 0.4) is 0 Å². The zero-order valence-electron chi connectivity index (χ0n) is 11.1. The fourth-order valence-electron chi connectivity index (χ4n) is 1.97. The van der Waals surface area contributed by atoms with Crippen LogP contribution in [0.1, 0.15) is 5.56 Å². The number of nitrogens with one attached hydrogen (secondary N) is 1. The van der Waals surface area contributed by atoms with E-state index >= 15 is 0 Å². The average Bonchev–Trinajstić information content (AvgIpc) is 2.48. The van der Waals surface area contributed by atoms with Gasteiger partial charge < -0.3 is 14.9 Å². The van der Waals surface area contributed by atoms with E-state index < -0.39 is 0 Å². The van der Waals surface area contributed by atoms with Crippen molar-refractivity contribution in [2.45, 2.75) is 0 Å². The summed E-state index contributed by atoms with van der Waals surface area (Å²) in [5.41, 5.74) is 1.29. The second-order valence-electron chi connectivity index (χ2n) is 4.44. The molecule has 1 N–H and O–H groups in total. The summed E-state index contributed by atoms with van der Waals surface area (Å²) in [6.07, 6.45) is 1.54. The Labute approximate surface area is 114 Å². The van der Waals surface area contributed by atoms with E-state index in [-0.39, 0.29) is 0 Å². The lowest BCUT2D eigenvalue weighted by molar-refractivity contribution is 0.0322. The molecule has 0 atom stereocenters. The Morgan fingerprint density at radius 1 is 1.32 bits per heavy atom. The fraction of sp³-hybridized carbons (Fsp3) is 0.400. The summed E-state index contributed by atoms with van der Waals surface area (Å²) in [5, 5.41) is 7.64. The molecule has 4 heteroatoms. The largest absolute Gasteiger partial charge is 0.492 e. The van der Waals surface area contributed by atoms with Crippen molar-refractivity contribution in [3.8, 4) is 5.75 Å². The Hall–Kier alpha value is -1.65. The second kappa shape index (κ2) is 7.07. The van der Waals surface area contributed by atoms with E-state index in [1.807, 2.05) is 24.3 Å². The molecule has 0 bridgehead atoms. The van der Waals surface area contributed by atoms with Gasteiger partial charge in [0.25, 0.3) is 0 Å². The highest BCUT2D eigenvalue weighted by Gasteiger charge is 2.09. The Balaban J connectivity index is 1.76. The molecule has 2 rings (SSSR count). The van der Waals surface area contributed by atoms with Crippen LogP contribution in [0.25, 0.3) is 0 Å². The van der Waals surface area contributed by atoms with Gasteiger partial charge in [0.05, 0.1) is 18.9 Å².